The van der Waals surface area contributed by atoms with Gasteiger partial charge in [0.1, 0.15) is 0 Å². The van der Waals surface area contributed by atoms with Crippen molar-refractivity contribution >= 4 is 0 Å². The van der Waals surface area contributed by atoms with Gasteiger partial charge in [0, 0.05) is 0 Å². The third kappa shape index (κ3) is 8.19. The second-order valence-corrected chi connectivity index (χ2v) is 5.80. The lowest BCUT2D eigenvalue weighted by atomic mass is 9.98. The summed E-state index contributed by atoms with van der Waals surface area (Å²) in [6, 6.07) is 10.9. The molecule has 1 rings (SSSR count). The van der Waals surface area contributed by atoms with Crippen LogP contribution in [0.15, 0.2) is 42.0 Å². The fourth-order valence-electron chi connectivity index (χ4n) is 2.72. The number of unbranched alkanes of at least 4 members (excludes halogenated alkanes) is 6. The van der Waals surface area contributed by atoms with Gasteiger partial charge >= 0.3 is 0 Å². The van der Waals surface area contributed by atoms with Crippen molar-refractivity contribution in [1.82, 2.24) is 0 Å². The van der Waals surface area contributed by atoms with Gasteiger partial charge in [-0.2, -0.15) is 0 Å². The molecule has 0 aliphatic carbocycles. The minimum absolute atomic E-state index is 1.14. The summed E-state index contributed by atoms with van der Waals surface area (Å²) in [7, 11) is 0. The van der Waals surface area contributed by atoms with Crippen LogP contribution >= 0.6 is 0 Å². The quantitative estimate of drug-likeness (QED) is 0.310. The summed E-state index contributed by atoms with van der Waals surface area (Å²) < 4.78 is 0. The molecule has 0 spiro atoms. The number of hydrogen-bond donors (Lipinski definition) is 0. The van der Waals surface area contributed by atoms with Crippen molar-refractivity contribution in [3.05, 3.63) is 47.5 Å². The molecule has 1 aromatic rings. The van der Waals surface area contributed by atoms with Crippen molar-refractivity contribution < 1.29 is 0 Å². The van der Waals surface area contributed by atoms with Gasteiger partial charge in [-0.05, 0) is 31.2 Å². The molecule has 0 aliphatic heterocycles. The maximum atomic E-state index is 2.43. The molecule has 20 heavy (non-hydrogen) atoms. The Labute approximate surface area is 126 Å². The van der Waals surface area contributed by atoms with E-state index in [0.29, 0.717) is 0 Å². The summed E-state index contributed by atoms with van der Waals surface area (Å²) in [5, 5.41) is 0. The number of benzene rings is 1. The molecule has 0 heterocycles. The lowest BCUT2D eigenvalue weighted by Gasteiger charge is -2.08. The molecule has 0 aliphatic rings. The van der Waals surface area contributed by atoms with Crippen LogP contribution in [0.4, 0.5) is 0 Å². The molecule has 0 aromatic heterocycles. The maximum absolute atomic E-state index is 2.43. The molecule has 0 nitrogen and oxygen atoms in total. The Morgan fingerprint density at radius 2 is 1.50 bits per heavy atom. The molecule has 0 saturated heterocycles. The summed E-state index contributed by atoms with van der Waals surface area (Å²) >= 11 is 0. The normalized spacial score (nSPS) is 11.8. The molecular formula is C20H32. The van der Waals surface area contributed by atoms with Crippen LogP contribution in [0.3, 0.4) is 0 Å². The van der Waals surface area contributed by atoms with E-state index in [1.807, 2.05) is 0 Å². The van der Waals surface area contributed by atoms with E-state index in [-0.39, 0.29) is 0 Å². The van der Waals surface area contributed by atoms with Gasteiger partial charge in [-0.3, -0.25) is 0 Å². The summed E-state index contributed by atoms with van der Waals surface area (Å²) in [5.74, 6) is 0. The van der Waals surface area contributed by atoms with Crippen LogP contribution in [0.1, 0.15) is 77.2 Å². The fraction of sp³-hybridized carbons (Fsp3) is 0.600. The van der Waals surface area contributed by atoms with E-state index in [9.17, 15) is 0 Å². The summed E-state index contributed by atoms with van der Waals surface area (Å²) in [4.78, 5) is 0. The zero-order chi connectivity index (χ0) is 14.5. The highest BCUT2D eigenvalue weighted by atomic mass is 14.1. The molecule has 112 valence electrons. The molecule has 0 N–H and O–H groups in total. The van der Waals surface area contributed by atoms with Gasteiger partial charge in [0.2, 0.25) is 0 Å². The lowest BCUT2D eigenvalue weighted by molar-refractivity contribution is 0.586. The van der Waals surface area contributed by atoms with E-state index in [0.717, 1.165) is 6.42 Å². The highest BCUT2D eigenvalue weighted by Gasteiger charge is 2.00. The topological polar surface area (TPSA) is 0 Å². The maximum Gasteiger partial charge on any atom is -0.00671 e. The summed E-state index contributed by atoms with van der Waals surface area (Å²) in [6.07, 6.45) is 15.8. The van der Waals surface area contributed by atoms with Crippen molar-refractivity contribution in [2.45, 2.75) is 78.1 Å². The third-order valence-corrected chi connectivity index (χ3v) is 3.87. The molecule has 0 atom stereocenters. The molecule has 0 radical (unpaired) electrons. The lowest BCUT2D eigenvalue weighted by Crippen LogP contribution is -1.92. The Hall–Kier alpha value is -1.04. The Morgan fingerprint density at radius 3 is 2.15 bits per heavy atom. The average molecular weight is 272 g/mol. The van der Waals surface area contributed by atoms with Crippen molar-refractivity contribution in [3.63, 3.8) is 0 Å². The molecule has 0 fully saturated rings. The van der Waals surface area contributed by atoms with Crippen LogP contribution in [-0.2, 0) is 6.42 Å². The number of allylic oxidation sites excluding steroid dienone is 2. The second-order valence-electron chi connectivity index (χ2n) is 5.80. The van der Waals surface area contributed by atoms with Gasteiger partial charge in [0.15, 0.2) is 0 Å². The predicted molar refractivity (Wildman–Crippen MR) is 91.1 cm³/mol. The molecule has 1 aromatic carbocycles. The first kappa shape index (κ1) is 17.0. The zero-order valence-corrected chi connectivity index (χ0v) is 13.5. The molecule has 0 bridgehead atoms. The summed E-state index contributed by atoms with van der Waals surface area (Å²) in [6.45, 7) is 4.53. The first-order valence-electron chi connectivity index (χ1n) is 8.58. The van der Waals surface area contributed by atoms with Crippen molar-refractivity contribution in [1.29, 1.82) is 0 Å². The SMILES string of the molecule is CC/C=C(/CCCCCCCCC)Cc1ccccc1. The zero-order valence-electron chi connectivity index (χ0n) is 13.5. The minimum atomic E-state index is 1.14. The molecular weight excluding hydrogens is 240 g/mol. The van der Waals surface area contributed by atoms with Gasteiger partial charge < -0.3 is 0 Å². The van der Waals surface area contributed by atoms with Crippen LogP contribution in [-0.4, -0.2) is 0 Å². The standard InChI is InChI=1S/C20H32/c1-3-5-6-7-8-9-11-15-19(14-4-2)18-20-16-12-10-13-17-20/h10,12-14,16-17H,3-9,11,15,18H2,1-2H3/b19-14-. The van der Waals surface area contributed by atoms with E-state index >= 15 is 0 Å². The smallest absolute Gasteiger partial charge is 0.00671 e. The summed E-state index contributed by atoms with van der Waals surface area (Å²) in [5.41, 5.74) is 3.09. The fourth-order valence-corrected chi connectivity index (χ4v) is 2.72. The van der Waals surface area contributed by atoms with E-state index in [1.54, 1.807) is 5.57 Å². The highest BCUT2D eigenvalue weighted by Crippen LogP contribution is 2.17. The first-order valence-corrected chi connectivity index (χ1v) is 8.58. The molecule has 0 unspecified atom stereocenters. The Kier molecular flexibility index (Phi) is 10.0. The second kappa shape index (κ2) is 11.8. The van der Waals surface area contributed by atoms with Crippen molar-refractivity contribution in [2.24, 2.45) is 0 Å². The van der Waals surface area contributed by atoms with Crippen LogP contribution in [0.25, 0.3) is 0 Å². The molecule has 0 saturated carbocycles. The Balaban J connectivity index is 2.21. The largest absolute Gasteiger partial charge is 0.0853 e. The van der Waals surface area contributed by atoms with Crippen LogP contribution in [0.5, 0.6) is 0 Å². The van der Waals surface area contributed by atoms with Crippen molar-refractivity contribution in [2.75, 3.05) is 0 Å². The van der Waals surface area contributed by atoms with Crippen LogP contribution in [0.2, 0.25) is 0 Å². The predicted octanol–water partition coefficient (Wildman–Crippen LogP) is 6.71. The van der Waals surface area contributed by atoms with Gasteiger partial charge in [0.05, 0.1) is 0 Å². The minimum Gasteiger partial charge on any atom is -0.0853 e. The third-order valence-electron chi connectivity index (χ3n) is 3.87. The Morgan fingerprint density at radius 1 is 0.850 bits per heavy atom. The van der Waals surface area contributed by atoms with Gasteiger partial charge in [0.25, 0.3) is 0 Å². The van der Waals surface area contributed by atoms with E-state index < -0.39 is 0 Å². The van der Waals surface area contributed by atoms with E-state index in [1.165, 1.54) is 63.4 Å². The van der Waals surface area contributed by atoms with Gasteiger partial charge in [-0.15, -0.1) is 0 Å². The van der Waals surface area contributed by atoms with Crippen LogP contribution < -0.4 is 0 Å². The Bertz CT molecular complexity index is 348. The highest BCUT2D eigenvalue weighted by molar-refractivity contribution is 5.21. The molecule has 0 amide bonds. The van der Waals surface area contributed by atoms with Crippen LogP contribution in [0, 0.1) is 0 Å². The molecule has 0 heteroatoms. The van der Waals surface area contributed by atoms with E-state index in [2.05, 4.69) is 50.3 Å². The first-order chi connectivity index (χ1) is 9.86. The number of rotatable bonds is 11. The average Bonchev–Trinajstić information content (AvgIpc) is 2.47. The van der Waals surface area contributed by atoms with Crippen molar-refractivity contribution in [3.8, 4) is 0 Å². The van der Waals surface area contributed by atoms with E-state index in [4.69, 9.17) is 0 Å². The monoisotopic (exact) mass is 272 g/mol. The van der Waals surface area contributed by atoms with Gasteiger partial charge in [-0.25, -0.2) is 0 Å². The number of hydrogen-bond acceptors (Lipinski definition) is 0. The van der Waals surface area contributed by atoms with Gasteiger partial charge in [-0.1, -0.05) is 94.4 Å².